The summed E-state index contributed by atoms with van der Waals surface area (Å²) < 4.78 is 43.9. The van der Waals surface area contributed by atoms with Crippen LogP contribution in [-0.4, -0.2) is 31.6 Å². The van der Waals surface area contributed by atoms with E-state index >= 15 is 0 Å². The highest BCUT2D eigenvalue weighted by Crippen LogP contribution is 2.33. The number of ether oxygens (including phenoxy) is 1. The number of rotatable bonds is 5. The van der Waals surface area contributed by atoms with Crippen LogP contribution in [0, 0.1) is 0 Å². The molecule has 0 saturated carbocycles. The molecule has 5 nitrogen and oxygen atoms in total. The molecule has 116 valence electrons. The Morgan fingerprint density at radius 1 is 1.24 bits per heavy atom. The van der Waals surface area contributed by atoms with E-state index in [0.717, 1.165) is 6.92 Å². The van der Waals surface area contributed by atoms with Crippen LogP contribution < -0.4 is 15.4 Å². The van der Waals surface area contributed by atoms with E-state index in [0.29, 0.717) is 5.75 Å². The first-order valence-electron chi connectivity index (χ1n) is 5.98. The summed E-state index contributed by atoms with van der Waals surface area (Å²) in [4.78, 5) is 22.1. The van der Waals surface area contributed by atoms with Crippen LogP contribution in [0.4, 0.5) is 13.2 Å². The minimum absolute atomic E-state index is 0.125. The summed E-state index contributed by atoms with van der Waals surface area (Å²) in [6.07, 6.45) is -4.65. The summed E-state index contributed by atoms with van der Waals surface area (Å²) in [7, 11) is 1.39. The fourth-order valence-electron chi connectivity index (χ4n) is 1.57. The van der Waals surface area contributed by atoms with Crippen LogP contribution in [0.2, 0.25) is 0 Å². The highest BCUT2D eigenvalue weighted by atomic mass is 19.4. The highest BCUT2D eigenvalue weighted by molar-refractivity contribution is 5.83. The highest BCUT2D eigenvalue weighted by Gasteiger charge is 2.41. The Morgan fingerprint density at radius 3 is 2.24 bits per heavy atom. The van der Waals surface area contributed by atoms with Crippen LogP contribution in [0.15, 0.2) is 24.3 Å². The van der Waals surface area contributed by atoms with Gasteiger partial charge < -0.3 is 15.4 Å². The summed E-state index contributed by atoms with van der Waals surface area (Å²) in [6, 6.07) is 3.03. The maximum atomic E-state index is 13.0. The Hall–Kier alpha value is -2.25. The normalized spacial score (nSPS) is 12.4. The van der Waals surface area contributed by atoms with E-state index in [9.17, 15) is 22.8 Å². The zero-order valence-electron chi connectivity index (χ0n) is 11.5. The van der Waals surface area contributed by atoms with Crippen molar-refractivity contribution in [2.45, 2.75) is 19.1 Å². The molecular weight excluding hydrogens is 289 g/mol. The van der Waals surface area contributed by atoms with Crippen molar-refractivity contribution in [2.75, 3.05) is 13.7 Å². The molecule has 0 aliphatic carbocycles. The second-order valence-corrected chi connectivity index (χ2v) is 4.23. The van der Waals surface area contributed by atoms with Gasteiger partial charge in [0.05, 0.1) is 13.7 Å². The molecule has 0 aliphatic heterocycles. The number of methoxy groups -OCH3 is 1. The molecule has 0 spiro atoms. The fraction of sp³-hybridized carbons (Fsp3) is 0.385. The monoisotopic (exact) mass is 304 g/mol. The van der Waals surface area contributed by atoms with Gasteiger partial charge in [0.15, 0.2) is 6.04 Å². The standard InChI is InChI=1S/C13H15F3N2O3/c1-8(19)17-7-11(20)18-12(13(14,15)16)9-3-5-10(21-2)6-4-9/h3-6,12H,7H2,1-2H3,(H,17,19)(H,18,20)/t12-/m1/s1. The SMILES string of the molecule is COc1ccc([C@@H](NC(=O)CNC(C)=O)C(F)(F)F)cc1. The van der Waals surface area contributed by atoms with Gasteiger partial charge in [-0.25, -0.2) is 0 Å². The Bertz CT molecular complexity index is 500. The van der Waals surface area contributed by atoms with Crippen molar-refractivity contribution in [3.05, 3.63) is 29.8 Å². The molecule has 8 heteroatoms. The Balaban J connectivity index is 2.85. The first-order valence-corrected chi connectivity index (χ1v) is 5.98. The molecule has 2 N–H and O–H groups in total. The van der Waals surface area contributed by atoms with Gasteiger partial charge >= 0.3 is 6.18 Å². The molecule has 1 aromatic rings. The van der Waals surface area contributed by atoms with Crippen LogP contribution >= 0.6 is 0 Å². The van der Waals surface area contributed by atoms with Crippen LogP contribution in [0.3, 0.4) is 0 Å². The van der Waals surface area contributed by atoms with Crippen molar-refractivity contribution in [2.24, 2.45) is 0 Å². The van der Waals surface area contributed by atoms with Crippen LogP contribution in [-0.2, 0) is 9.59 Å². The zero-order chi connectivity index (χ0) is 16.0. The number of carbonyl (C=O) groups excluding carboxylic acids is 2. The number of carbonyl (C=O) groups is 2. The number of hydrogen-bond donors (Lipinski definition) is 2. The number of benzene rings is 1. The van der Waals surface area contributed by atoms with Gasteiger partial charge in [0.1, 0.15) is 5.75 Å². The number of nitrogens with one attached hydrogen (secondary N) is 2. The topological polar surface area (TPSA) is 67.4 Å². The van der Waals surface area contributed by atoms with Gasteiger partial charge in [0.25, 0.3) is 0 Å². The molecule has 0 unspecified atom stereocenters. The molecule has 0 aromatic heterocycles. The van der Waals surface area contributed by atoms with Gasteiger partial charge in [-0.1, -0.05) is 12.1 Å². The van der Waals surface area contributed by atoms with Gasteiger partial charge in [-0.05, 0) is 17.7 Å². The average molecular weight is 304 g/mol. The van der Waals surface area contributed by atoms with E-state index < -0.39 is 30.6 Å². The molecule has 1 atom stereocenters. The molecule has 0 bridgehead atoms. The van der Waals surface area contributed by atoms with E-state index in [1.807, 2.05) is 5.32 Å². The first-order chi connectivity index (χ1) is 9.74. The summed E-state index contributed by atoms with van der Waals surface area (Å²) in [6.45, 7) is 0.649. The van der Waals surface area contributed by atoms with Crippen molar-refractivity contribution in [3.63, 3.8) is 0 Å². The van der Waals surface area contributed by atoms with Crippen LogP contribution in [0.1, 0.15) is 18.5 Å². The van der Waals surface area contributed by atoms with Crippen molar-refractivity contribution in [1.82, 2.24) is 10.6 Å². The molecule has 1 aromatic carbocycles. The summed E-state index contributed by atoms with van der Waals surface area (Å²) in [5.74, 6) is -1.02. The van der Waals surface area contributed by atoms with Gasteiger partial charge in [-0.2, -0.15) is 13.2 Å². The smallest absolute Gasteiger partial charge is 0.412 e. The predicted octanol–water partition coefficient (Wildman–Crippen LogP) is 1.55. The lowest BCUT2D eigenvalue weighted by atomic mass is 10.1. The van der Waals surface area contributed by atoms with Crippen LogP contribution in [0.25, 0.3) is 0 Å². The maximum Gasteiger partial charge on any atom is 0.412 e. The predicted molar refractivity (Wildman–Crippen MR) is 68.6 cm³/mol. The van der Waals surface area contributed by atoms with Gasteiger partial charge in [0, 0.05) is 6.92 Å². The third kappa shape index (κ3) is 5.33. The summed E-state index contributed by atoms with van der Waals surface area (Å²) in [5, 5.41) is 3.98. The molecule has 2 amide bonds. The maximum absolute atomic E-state index is 13.0. The van der Waals surface area contributed by atoms with Crippen molar-refractivity contribution in [3.8, 4) is 5.75 Å². The molecule has 0 radical (unpaired) electrons. The molecule has 0 fully saturated rings. The minimum atomic E-state index is -4.65. The third-order valence-electron chi connectivity index (χ3n) is 2.58. The van der Waals surface area contributed by atoms with E-state index in [4.69, 9.17) is 4.74 Å². The van der Waals surface area contributed by atoms with E-state index in [1.54, 1.807) is 0 Å². The quantitative estimate of drug-likeness (QED) is 0.867. The number of amides is 2. The molecule has 1 rings (SSSR count). The first kappa shape index (κ1) is 16.8. The second-order valence-electron chi connectivity index (χ2n) is 4.23. The van der Waals surface area contributed by atoms with Crippen molar-refractivity contribution >= 4 is 11.8 Å². The van der Waals surface area contributed by atoms with Crippen LogP contribution in [0.5, 0.6) is 5.75 Å². The second kappa shape index (κ2) is 6.96. The zero-order valence-corrected chi connectivity index (χ0v) is 11.5. The summed E-state index contributed by atoms with van der Waals surface area (Å²) in [5.41, 5.74) is -0.125. The lowest BCUT2D eigenvalue weighted by molar-refractivity contribution is -0.163. The van der Waals surface area contributed by atoms with Gasteiger partial charge in [-0.15, -0.1) is 0 Å². The fourth-order valence-corrected chi connectivity index (χ4v) is 1.57. The number of halogens is 3. The molecule has 0 saturated heterocycles. The number of alkyl halides is 3. The molecule has 21 heavy (non-hydrogen) atoms. The Kier molecular flexibility index (Phi) is 5.57. The van der Waals surface area contributed by atoms with E-state index in [1.165, 1.54) is 31.4 Å². The van der Waals surface area contributed by atoms with Crippen molar-refractivity contribution in [1.29, 1.82) is 0 Å². The minimum Gasteiger partial charge on any atom is -0.497 e. The van der Waals surface area contributed by atoms with Crippen molar-refractivity contribution < 1.29 is 27.5 Å². The van der Waals surface area contributed by atoms with E-state index in [-0.39, 0.29) is 5.56 Å². The summed E-state index contributed by atoms with van der Waals surface area (Å²) >= 11 is 0. The van der Waals surface area contributed by atoms with E-state index in [2.05, 4.69) is 5.32 Å². The average Bonchev–Trinajstić information content (AvgIpc) is 2.41. The van der Waals surface area contributed by atoms with Gasteiger partial charge in [0.2, 0.25) is 11.8 Å². The van der Waals surface area contributed by atoms with Gasteiger partial charge in [-0.3, -0.25) is 9.59 Å². The Labute approximate surface area is 119 Å². The lowest BCUT2D eigenvalue weighted by Gasteiger charge is -2.22. The number of hydrogen-bond acceptors (Lipinski definition) is 3. The largest absolute Gasteiger partial charge is 0.497 e. The molecular formula is C13H15F3N2O3. The lowest BCUT2D eigenvalue weighted by Crippen LogP contribution is -2.42. The Morgan fingerprint density at radius 2 is 1.81 bits per heavy atom. The third-order valence-corrected chi connectivity index (χ3v) is 2.58. The molecule has 0 heterocycles. The molecule has 0 aliphatic rings.